The Hall–Kier alpha value is -3.23. The summed E-state index contributed by atoms with van der Waals surface area (Å²) in [5.74, 6) is -1.12. The van der Waals surface area contributed by atoms with Crippen LogP contribution in [0.25, 0.3) is 0 Å². The molecule has 2 aromatic rings. The number of alkyl halides is 3. The van der Waals surface area contributed by atoms with E-state index >= 15 is 0 Å². The van der Waals surface area contributed by atoms with E-state index in [4.69, 9.17) is 9.47 Å². The number of anilines is 2. The van der Waals surface area contributed by atoms with E-state index in [-0.39, 0.29) is 12.1 Å². The van der Waals surface area contributed by atoms with Crippen molar-refractivity contribution in [2.24, 2.45) is 5.92 Å². The first kappa shape index (κ1) is 20.5. The zero-order valence-corrected chi connectivity index (χ0v) is 15.7. The van der Waals surface area contributed by atoms with E-state index < -0.39 is 29.5 Å². The average molecular weight is 408 g/mol. The van der Waals surface area contributed by atoms with Gasteiger partial charge in [-0.1, -0.05) is 6.07 Å². The molecule has 0 aromatic heterocycles. The van der Waals surface area contributed by atoms with Crippen LogP contribution in [0.1, 0.15) is 12.0 Å². The van der Waals surface area contributed by atoms with Crippen LogP contribution < -0.4 is 19.7 Å². The van der Waals surface area contributed by atoms with Gasteiger partial charge in [-0.15, -0.1) is 0 Å². The molecule has 0 bridgehead atoms. The molecule has 1 atom stereocenters. The zero-order valence-electron chi connectivity index (χ0n) is 15.7. The molecule has 1 fully saturated rings. The maximum atomic E-state index is 12.8. The van der Waals surface area contributed by atoms with E-state index in [0.717, 1.165) is 12.1 Å². The fourth-order valence-electron chi connectivity index (χ4n) is 3.18. The summed E-state index contributed by atoms with van der Waals surface area (Å²) in [6.45, 7) is 0.301. The second-order valence-electron chi connectivity index (χ2n) is 6.44. The van der Waals surface area contributed by atoms with E-state index in [1.54, 1.807) is 18.2 Å². The Morgan fingerprint density at radius 1 is 1.10 bits per heavy atom. The summed E-state index contributed by atoms with van der Waals surface area (Å²) >= 11 is 0. The molecule has 9 heteroatoms. The van der Waals surface area contributed by atoms with Crippen LogP contribution >= 0.6 is 0 Å². The van der Waals surface area contributed by atoms with Crippen molar-refractivity contribution in [3.63, 3.8) is 0 Å². The van der Waals surface area contributed by atoms with E-state index in [1.165, 1.54) is 31.3 Å². The van der Waals surface area contributed by atoms with Gasteiger partial charge in [-0.05, 0) is 36.8 Å². The van der Waals surface area contributed by atoms with Gasteiger partial charge in [0, 0.05) is 24.0 Å². The number of carbonyl (C=O) groups excluding carboxylic acids is 2. The number of nitrogens with one attached hydrogen (secondary N) is 1. The molecule has 1 saturated heterocycles. The van der Waals surface area contributed by atoms with Gasteiger partial charge in [-0.2, -0.15) is 13.2 Å². The number of rotatable bonds is 5. The molecule has 2 amide bonds. The molecule has 1 heterocycles. The summed E-state index contributed by atoms with van der Waals surface area (Å²) in [4.78, 5) is 26.7. The SMILES string of the molecule is COc1ccc(N2CCC(C(=O)Nc3cccc(C(F)(F)F)c3)C2=O)cc1OC. The highest BCUT2D eigenvalue weighted by Gasteiger charge is 2.38. The molecule has 1 aliphatic rings. The van der Waals surface area contributed by atoms with Crippen molar-refractivity contribution in [3.8, 4) is 11.5 Å². The zero-order chi connectivity index (χ0) is 21.2. The third-order valence-corrected chi connectivity index (χ3v) is 4.66. The lowest BCUT2D eigenvalue weighted by Gasteiger charge is -2.18. The molecule has 1 N–H and O–H groups in total. The second-order valence-corrected chi connectivity index (χ2v) is 6.44. The summed E-state index contributed by atoms with van der Waals surface area (Å²) < 4.78 is 48.9. The molecule has 154 valence electrons. The van der Waals surface area contributed by atoms with Crippen LogP contribution in [0.5, 0.6) is 11.5 Å². The predicted octanol–water partition coefficient (Wildman–Crippen LogP) is 3.71. The monoisotopic (exact) mass is 408 g/mol. The first-order valence-electron chi connectivity index (χ1n) is 8.76. The van der Waals surface area contributed by atoms with Crippen LogP contribution in [0, 0.1) is 5.92 Å². The fourth-order valence-corrected chi connectivity index (χ4v) is 3.18. The van der Waals surface area contributed by atoms with Crippen LogP contribution in [-0.4, -0.2) is 32.6 Å². The Morgan fingerprint density at radius 2 is 1.83 bits per heavy atom. The van der Waals surface area contributed by atoms with Gasteiger partial charge >= 0.3 is 6.18 Å². The number of halogens is 3. The van der Waals surface area contributed by atoms with Gasteiger partial charge in [-0.25, -0.2) is 0 Å². The first-order valence-corrected chi connectivity index (χ1v) is 8.76. The molecule has 3 rings (SSSR count). The van der Waals surface area contributed by atoms with Crippen LogP contribution in [-0.2, 0) is 15.8 Å². The van der Waals surface area contributed by atoms with Crippen LogP contribution in [0.4, 0.5) is 24.5 Å². The fraction of sp³-hybridized carbons (Fsp3) is 0.300. The number of hydrogen-bond acceptors (Lipinski definition) is 4. The molecule has 1 unspecified atom stereocenters. The second kappa shape index (κ2) is 8.02. The Labute approximate surface area is 165 Å². The van der Waals surface area contributed by atoms with Gasteiger partial charge in [0.05, 0.1) is 19.8 Å². The van der Waals surface area contributed by atoms with E-state index in [0.29, 0.717) is 23.7 Å². The minimum Gasteiger partial charge on any atom is -0.493 e. The molecule has 0 radical (unpaired) electrons. The number of ether oxygens (including phenoxy) is 2. The predicted molar refractivity (Wildman–Crippen MR) is 100 cm³/mol. The lowest BCUT2D eigenvalue weighted by Crippen LogP contribution is -2.33. The molecule has 2 aromatic carbocycles. The highest BCUT2D eigenvalue weighted by molar-refractivity contribution is 6.13. The number of amides is 2. The van der Waals surface area contributed by atoms with Crippen molar-refractivity contribution >= 4 is 23.2 Å². The number of nitrogens with zero attached hydrogens (tertiary/aromatic N) is 1. The van der Waals surface area contributed by atoms with E-state index in [1.807, 2.05) is 0 Å². The van der Waals surface area contributed by atoms with Crippen molar-refractivity contribution in [1.29, 1.82) is 0 Å². The van der Waals surface area contributed by atoms with Crippen LogP contribution in [0.15, 0.2) is 42.5 Å². The molecule has 1 aliphatic heterocycles. The van der Waals surface area contributed by atoms with Crippen LogP contribution in [0.3, 0.4) is 0 Å². The Morgan fingerprint density at radius 3 is 2.48 bits per heavy atom. The summed E-state index contributed by atoms with van der Waals surface area (Å²) in [5.41, 5.74) is -0.343. The average Bonchev–Trinajstić information content (AvgIpc) is 3.08. The van der Waals surface area contributed by atoms with Gasteiger partial charge < -0.3 is 19.7 Å². The molecule has 0 spiro atoms. The van der Waals surface area contributed by atoms with Gasteiger partial charge in [0.25, 0.3) is 0 Å². The summed E-state index contributed by atoms with van der Waals surface area (Å²) in [5, 5.41) is 2.41. The van der Waals surface area contributed by atoms with Crippen molar-refractivity contribution in [1.82, 2.24) is 0 Å². The van der Waals surface area contributed by atoms with Crippen molar-refractivity contribution in [2.75, 3.05) is 31.0 Å². The summed E-state index contributed by atoms with van der Waals surface area (Å²) in [7, 11) is 2.96. The van der Waals surface area contributed by atoms with Crippen LogP contribution in [0.2, 0.25) is 0 Å². The largest absolute Gasteiger partial charge is 0.493 e. The maximum Gasteiger partial charge on any atom is 0.416 e. The minimum atomic E-state index is -4.52. The highest BCUT2D eigenvalue weighted by Crippen LogP contribution is 2.35. The molecule has 0 saturated carbocycles. The normalized spacial score (nSPS) is 16.7. The number of carbonyl (C=O) groups is 2. The third kappa shape index (κ3) is 4.28. The highest BCUT2D eigenvalue weighted by atomic mass is 19.4. The topological polar surface area (TPSA) is 67.9 Å². The lowest BCUT2D eigenvalue weighted by atomic mass is 10.1. The summed E-state index contributed by atoms with van der Waals surface area (Å²) in [6.07, 6.45) is -4.27. The number of benzene rings is 2. The molecule has 29 heavy (non-hydrogen) atoms. The molecule has 0 aliphatic carbocycles. The molecule has 6 nitrogen and oxygen atoms in total. The van der Waals surface area contributed by atoms with Crippen molar-refractivity contribution in [2.45, 2.75) is 12.6 Å². The van der Waals surface area contributed by atoms with Gasteiger partial charge in [0.2, 0.25) is 11.8 Å². The standard InChI is InChI=1S/C20H19F3N2O4/c1-28-16-7-6-14(11-17(16)29-2)25-9-8-15(19(25)27)18(26)24-13-5-3-4-12(10-13)20(21,22)23/h3-7,10-11,15H,8-9H2,1-2H3,(H,24,26). The van der Waals surface area contributed by atoms with E-state index in [9.17, 15) is 22.8 Å². The molecular formula is C20H19F3N2O4. The third-order valence-electron chi connectivity index (χ3n) is 4.66. The first-order chi connectivity index (χ1) is 13.7. The Kier molecular flexibility index (Phi) is 5.67. The molecular weight excluding hydrogens is 389 g/mol. The van der Waals surface area contributed by atoms with Crippen molar-refractivity contribution < 1.29 is 32.2 Å². The number of hydrogen-bond donors (Lipinski definition) is 1. The maximum absolute atomic E-state index is 12.8. The van der Waals surface area contributed by atoms with Gasteiger partial charge in [-0.3, -0.25) is 9.59 Å². The summed E-state index contributed by atoms with van der Waals surface area (Å²) in [6, 6.07) is 9.25. The lowest BCUT2D eigenvalue weighted by molar-refractivity contribution is -0.137. The Bertz CT molecular complexity index is 930. The quantitative estimate of drug-likeness (QED) is 0.766. The number of methoxy groups -OCH3 is 2. The smallest absolute Gasteiger partial charge is 0.416 e. The Balaban J connectivity index is 1.74. The van der Waals surface area contributed by atoms with Gasteiger partial charge in [0.1, 0.15) is 5.92 Å². The van der Waals surface area contributed by atoms with E-state index in [2.05, 4.69) is 5.32 Å². The van der Waals surface area contributed by atoms with Crippen molar-refractivity contribution in [3.05, 3.63) is 48.0 Å². The minimum absolute atomic E-state index is 0.0119. The van der Waals surface area contributed by atoms with Gasteiger partial charge in [0.15, 0.2) is 11.5 Å².